The Balaban J connectivity index is 1.78. The number of carboxylic acids is 1. The van der Waals surface area contributed by atoms with E-state index < -0.39 is 29.0 Å². The van der Waals surface area contributed by atoms with Gasteiger partial charge in [0.15, 0.2) is 0 Å². The van der Waals surface area contributed by atoms with E-state index in [1.54, 1.807) is 6.92 Å². The predicted octanol–water partition coefficient (Wildman–Crippen LogP) is 0.567. The van der Waals surface area contributed by atoms with Crippen LogP contribution in [0.15, 0.2) is 27.8 Å². The summed E-state index contributed by atoms with van der Waals surface area (Å²) in [5.41, 5.74) is -0.443. The van der Waals surface area contributed by atoms with Gasteiger partial charge in [-0.3, -0.25) is 19.0 Å². The van der Waals surface area contributed by atoms with Gasteiger partial charge in [-0.25, -0.2) is 4.79 Å². The Morgan fingerprint density at radius 3 is 2.68 bits per heavy atom. The van der Waals surface area contributed by atoms with Gasteiger partial charge in [0.05, 0.1) is 16.8 Å². The van der Waals surface area contributed by atoms with Crippen LogP contribution in [0.1, 0.15) is 30.1 Å². The molecule has 0 aliphatic carbocycles. The van der Waals surface area contributed by atoms with Crippen LogP contribution in [0.2, 0.25) is 0 Å². The lowest BCUT2D eigenvalue weighted by Gasteiger charge is -2.27. The fourth-order valence-corrected chi connectivity index (χ4v) is 3.56. The molecule has 0 bridgehead atoms. The molecule has 1 unspecified atom stereocenters. The molecule has 2 aromatic rings. The van der Waals surface area contributed by atoms with Gasteiger partial charge in [-0.2, -0.15) is 0 Å². The second-order valence-corrected chi connectivity index (χ2v) is 6.84. The van der Waals surface area contributed by atoms with E-state index in [2.05, 4.69) is 10.3 Å². The molecule has 2 heterocycles. The van der Waals surface area contributed by atoms with Gasteiger partial charge in [0, 0.05) is 31.9 Å². The number of aliphatic carboxylic acids is 1. The molecule has 1 aliphatic rings. The van der Waals surface area contributed by atoms with E-state index in [1.165, 1.54) is 18.2 Å². The average molecular weight is 389 g/mol. The molecule has 1 fully saturated rings. The van der Waals surface area contributed by atoms with Crippen molar-refractivity contribution in [3.05, 3.63) is 44.6 Å². The van der Waals surface area contributed by atoms with E-state index in [4.69, 9.17) is 4.74 Å². The number of aromatic amines is 1. The lowest BCUT2D eigenvalue weighted by Crippen LogP contribution is -2.39. The van der Waals surface area contributed by atoms with Crippen molar-refractivity contribution in [2.75, 3.05) is 19.8 Å². The van der Waals surface area contributed by atoms with Gasteiger partial charge in [-0.1, -0.05) is 0 Å². The number of carbonyl (C=O) groups excluding carboxylic acids is 1. The number of fused-ring (bicyclic) bond motifs is 1. The van der Waals surface area contributed by atoms with E-state index in [1.807, 2.05) is 0 Å². The molecule has 1 saturated heterocycles. The first-order valence-corrected chi connectivity index (χ1v) is 9.28. The average Bonchev–Trinajstić information content (AvgIpc) is 2.68. The zero-order valence-electron chi connectivity index (χ0n) is 15.6. The molecule has 0 saturated carbocycles. The van der Waals surface area contributed by atoms with Crippen molar-refractivity contribution in [2.45, 2.75) is 26.3 Å². The molecule has 9 heteroatoms. The maximum atomic E-state index is 12.5. The molecule has 1 aromatic carbocycles. The lowest BCUT2D eigenvalue weighted by molar-refractivity contribution is -0.144. The fourth-order valence-electron chi connectivity index (χ4n) is 3.56. The third-order valence-corrected chi connectivity index (χ3v) is 5.20. The topological polar surface area (TPSA) is 130 Å². The van der Waals surface area contributed by atoms with E-state index in [9.17, 15) is 24.3 Å². The molecule has 28 heavy (non-hydrogen) atoms. The van der Waals surface area contributed by atoms with Gasteiger partial charge >= 0.3 is 11.7 Å². The monoisotopic (exact) mass is 389 g/mol. The Labute approximate surface area is 160 Å². The maximum absolute atomic E-state index is 12.5. The number of aromatic nitrogens is 2. The van der Waals surface area contributed by atoms with Crippen molar-refractivity contribution < 1.29 is 19.4 Å². The van der Waals surface area contributed by atoms with Gasteiger partial charge < -0.3 is 20.1 Å². The molecular weight excluding hydrogens is 366 g/mol. The van der Waals surface area contributed by atoms with Crippen LogP contribution in [0, 0.1) is 11.8 Å². The van der Waals surface area contributed by atoms with Crippen LogP contribution in [-0.4, -0.2) is 46.3 Å². The van der Waals surface area contributed by atoms with Crippen molar-refractivity contribution in [1.29, 1.82) is 0 Å². The number of ether oxygens (including phenoxy) is 1. The van der Waals surface area contributed by atoms with Gasteiger partial charge in [-0.15, -0.1) is 0 Å². The molecule has 1 aromatic heterocycles. The smallest absolute Gasteiger partial charge is 0.328 e. The first-order valence-electron chi connectivity index (χ1n) is 9.28. The molecule has 1 atom stereocenters. The van der Waals surface area contributed by atoms with Crippen LogP contribution in [0.5, 0.6) is 0 Å². The SMILES string of the molecule is CCn1c(=O)[nH]c2cc(C(=O)NCC(C(=O)O)C3CCOCC3)ccc2c1=O. The predicted molar refractivity (Wildman–Crippen MR) is 102 cm³/mol. The molecule has 9 nitrogen and oxygen atoms in total. The summed E-state index contributed by atoms with van der Waals surface area (Å²) >= 11 is 0. The first-order chi connectivity index (χ1) is 13.4. The number of nitrogens with one attached hydrogen (secondary N) is 2. The number of carbonyl (C=O) groups is 2. The number of carboxylic acid groups (broad SMARTS) is 1. The number of amides is 1. The van der Waals surface area contributed by atoms with Crippen molar-refractivity contribution in [1.82, 2.24) is 14.9 Å². The highest BCUT2D eigenvalue weighted by atomic mass is 16.5. The lowest BCUT2D eigenvalue weighted by atomic mass is 9.86. The third kappa shape index (κ3) is 3.99. The van der Waals surface area contributed by atoms with Crippen LogP contribution in [0.25, 0.3) is 10.9 Å². The summed E-state index contributed by atoms with van der Waals surface area (Å²) in [5, 5.41) is 12.5. The highest BCUT2D eigenvalue weighted by molar-refractivity contribution is 5.97. The van der Waals surface area contributed by atoms with Crippen LogP contribution < -0.4 is 16.6 Å². The Kier molecular flexibility index (Phi) is 5.93. The largest absolute Gasteiger partial charge is 0.481 e. The maximum Gasteiger partial charge on any atom is 0.328 e. The van der Waals surface area contributed by atoms with Crippen molar-refractivity contribution in [2.24, 2.45) is 11.8 Å². The van der Waals surface area contributed by atoms with Crippen LogP contribution in [0.3, 0.4) is 0 Å². The third-order valence-electron chi connectivity index (χ3n) is 5.20. The number of hydrogen-bond donors (Lipinski definition) is 3. The molecule has 0 radical (unpaired) electrons. The zero-order valence-corrected chi connectivity index (χ0v) is 15.6. The molecular formula is C19H23N3O6. The minimum atomic E-state index is -0.949. The number of benzene rings is 1. The van der Waals surface area contributed by atoms with Gasteiger partial charge in [0.1, 0.15) is 0 Å². The quantitative estimate of drug-likeness (QED) is 0.662. The van der Waals surface area contributed by atoms with Gasteiger partial charge in [0.25, 0.3) is 11.5 Å². The highest BCUT2D eigenvalue weighted by Crippen LogP contribution is 2.24. The minimum Gasteiger partial charge on any atom is -0.481 e. The second-order valence-electron chi connectivity index (χ2n) is 6.84. The summed E-state index contributed by atoms with van der Waals surface area (Å²) in [6.07, 6.45) is 1.29. The number of rotatable bonds is 6. The van der Waals surface area contributed by atoms with Crippen LogP contribution >= 0.6 is 0 Å². The number of H-pyrrole nitrogens is 1. The van der Waals surface area contributed by atoms with E-state index in [-0.39, 0.29) is 30.1 Å². The van der Waals surface area contributed by atoms with Crippen molar-refractivity contribution in [3.8, 4) is 0 Å². The standard InChI is InChI=1S/C19H23N3O6/c1-2-22-17(24)13-4-3-12(9-15(13)21-19(22)27)16(23)20-10-14(18(25)26)11-5-7-28-8-6-11/h3-4,9,11,14H,2,5-8,10H2,1H3,(H,20,23)(H,21,27)(H,25,26). The molecule has 3 rings (SSSR count). The Bertz CT molecular complexity index is 1000. The summed E-state index contributed by atoms with van der Waals surface area (Å²) in [7, 11) is 0. The zero-order chi connectivity index (χ0) is 20.3. The molecule has 1 amide bonds. The Morgan fingerprint density at radius 1 is 1.32 bits per heavy atom. The van der Waals surface area contributed by atoms with Gasteiger partial charge in [0.2, 0.25) is 0 Å². The summed E-state index contributed by atoms with van der Waals surface area (Å²) in [4.78, 5) is 50.9. The number of hydrogen-bond acceptors (Lipinski definition) is 5. The molecule has 0 spiro atoms. The van der Waals surface area contributed by atoms with Crippen molar-refractivity contribution >= 4 is 22.8 Å². The normalized spacial score (nSPS) is 16.0. The summed E-state index contributed by atoms with van der Waals surface area (Å²) in [5.74, 6) is -2.15. The summed E-state index contributed by atoms with van der Waals surface area (Å²) < 4.78 is 6.34. The molecule has 3 N–H and O–H groups in total. The summed E-state index contributed by atoms with van der Waals surface area (Å²) in [6.45, 7) is 2.99. The first kappa shape index (κ1) is 19.8. The van der Waals surface area contributed by atoms with Crippen molar-refractivity contribution in [3.63, 3.8) is 0 Å². The van der Waals surface area contributed by atoms with Crippen LogP contribution in [0.4, 0.5) is 0 Å². The summed E-state index contributed by atoms with van der Waals surface area (Å²) in [6, 6.07) is 4.40. The second kappa shape index (κ2) is 8.39. The van der Waals surface area contributed by atoms with Crippen LogP contribution in [-0.2, 0) is 16.1 Å². The Hall–Kier alpha value is -2.94. The Morgan fingerprint density at radius 2 is 2.04 bits per heavy atom. The molecule has 150 valence electrons. The molecule has 1 aliphatic heterocycles. The van der Waals surface area contributed by atoms with E-state index in [0.29, 0.717) is 31.4 Å². The van der Waals surface area contributed by atoms with E-state index in [0.717, 1.165) is 4.57 Å². The number of nitrogens with zero attached hydrogens (tertiary/aromatic N) is 1. The fraction of sp³-hybridized carbons (Fsp3) is 0.474. The minimum absolute atomic E-state index is 0.00478. The van der Waals surface area contributed by atoms with E-state index >= 15 is 0 Å². The van der Waals surface area contributed by atoms with Gasteiger partial charge in [-0.05, 0) is 43.9 Å². The highest BCUT2D eigenvalue weighted by Gasteiger charge is 2.30.